The first-order valence-electron chi connectivity index (χ1n) is 14.6. The predicted octanol–water partition coefficient (Wildman–Crippen LogP) is 7.15. The number of rotatable bonds is 11. The van der Waals surface area contributed by atoms with Crippen molar-refractivity contribution in [1.82, 2.24) is 0 Å². The minimum atomic E-state index is -0.798. The zero-order chi connectivity index (χ0) is 29.6. The first-order chi connectivity index (χ1) is 20.5. The number of hydrogen-bond donors (Lipinski definition) is 0. The topological polar surface area (TPSA) is 36.9 Å². The van der Waals surface area contributed by atoms with E-state index in [2.05, 4.69) is 105 Å². The fourth-order valence-electron chi connectivity index (χ4n) is 6.67. The van der Waals surface area contributed by atoms with E-state index in [1.165, 1.54) is 46.0 Å². The second-order valence-electron chi connectivity index (χ2n) is 10.8. The lowest BCUT2D eigenvalue weighted by atomic mass is 10.0. The van der Waals surface area contributed by atoms with Gasteiger partial charge >= 0.3 is 0 Å². The van der Waals surface area contributed by atoms with Crippen LogP contribution in [-0.2, 0) is 0 Å². The fourth-order valence-corrected chi connectivity index (χ4v) is 13.7. The van der Waals surface area contributed by atoms with Crippen molar-refractivity contribution >= 4 is 37.1 Å². The Hall–Kier alpha value is -3.06. The summed E-state index contributed by atoms with van der Waals surface area (Å²) in [5, 5.41) is 5.17. The number of ether oxygens (including phenoxy) is 4. The molecule has 5 rings (SSSR count). The molecule has 0 radical (unpaired) electrons. The molecule has 0 spiro atoms. The van der Waals surface area contributed by atoms with Gasteiger partial charge in [0.15, 0.2) is 0 Å². The summed E-state index contributed by atoms with van der Waals surface area (Å²) in [7, 11) is 5.57. The molecule has 0 N–H and O–H groups in total. The quantitative estimate of drug-likeness (QED) is 0.171. The molecule has 4 aromatic rings. The molecule has 0 aromatic heterocycles. The largest absolute Gasteiger partial charge is 0.496 e. The Kier molecular flexibility index (Phi) is 10.1. The number of benzene rings is 4. The van der Waals surface area contributed by atoms with Crippen molar-refractivity contribution in [2.24, 2.45) is 5.92 Å². The van der Waals surface area contributed by atoms with Gasteiger partial charge in [0, 0.05) is 21.2 Å². The number of para-hydroxylation sites is 3. The zero-order valence-corrected chi connectivity index (χ0v) is 27.3. The number of methoxy groups -OCH3 is 4. The summed E-state index contributed by atoms with van der Waals surface area (Å²) >= 11 is 0. The Morgan fingerprint density at radius 1 is 0.595 bits per heavy atom. The van der Waals surface area contributed by atoms with Crippen LogP contribution in [0.1, 0.15) is 31.7 Å². The smallest absolute Gasteiger partial charge is 0.127 e. The van der Waals surface area contributed by atoms with E-state index in [0.29, 0.717) is 17.2 Å². The standard InChI is InChI=1S/C36H42O4P2/c1-25-15-13-20-31(40-6)36(25)42(35-23-12-9-19-30(35)39-5)32-24-14-16-27(32)26(2)41(33-21-10-7-17-28(33)37-3)34-22-11-8-18-29(34)38-4/h7-13,15,17-23,26-27,32H,14,16,24H2,1-6H3. The minimum Gasteiger partial charge on any atom is -0.496 e. The molecule has 0 amide bonds. The lowest BCUT2D eigenvalue weighted by Gasteiger charge is -2.38. The maximum atomic E-state index is 6.05. The Morgan fingerprint density at radius 3 is 1.62 bits per heavy atom. The first kappa shape index (κ1) is 30.4. The summed E-state index contributed by atoms with van der Waals surface area (Å²) in [4.78, 5) is 0. The molecule has 6 heteroatoms. The van der Waals surface area contributed by atoms with Crippen LogP contribution in [0.5, 0.6) is 23.0 Å². The van der Waals surface area contributed by atoms with E-state index in [1.54, 1.807) is 28.4 Å². The fraction of sp³-hybridized carbons (Fsp3) is 0.333. The van der Waals surface area contributed by atoms with Crippen LogP contribution in [0, 0.1) is 12.8 Å². The third-order valence-electron chi connectivity index (χ3n) is 8.59. The molecule has 4 atom stereocenters. The van der Waals surface area contributed by atoms with Gasteiger partial charge in [-0.05, 0) is 82.7 Å². The minimum absolute atomic E-state index is 0.384. The molecule has 1 aliphatic carbocycles. The van der Waals surface area contributed by atoms with Gasteiger partial charge in [0.2, 0.25) is 0 Å². The molecule has 42 heavy (non-hydrogen) atoms. The van der Waals surface area contributed by atoms with E-state index in [1.807, 2.05) is 0 Å². The van der Waals surface area contributed by atoms with E-state index in [0.717, 1.165) is 23.0 Å². The van der Waals surface area contributed by atoms with Gasteiger partial charge in [-0.3, -0.25) is 0 Å². The molecule has 1 saturated carbocycles. The van der Waals surface area contributed by atoms with Crippen LogP contribution in [0.4, 0.5) is 0 Å². The summed E-state index contributed by atoms with van der Waals surface area (Å²) < 4.78 is 24.0. The van der Waals surface area contributed by atoms with Crippen molar-refractivity contribution in [1.29, 1.82) is 0 Å². The first-order valence-corrected chi connectivity index (χ1v) is 17.5. The molecule has 0 heterocycles. The molecule has 4 nitrogen and oxygen atoms in total. The third-order valence-corrected chi connectivity index (χ3v) is 14.8. The van der Waals surface area contributed by atoms with Crippen molar-refractivity contribution in [3.8, 4) is 23.0 Å². The van der Waals surface area contributed by atoms with Gasteiger partial charge in [-0.15, -0.1) is 0 Å². The van der Waals surface area contributed by atoms with E-state index in [4.69, 9.17) is 18.9 Å². The highest BCUT2D eigenvalue weighted by Gasteiger charge is 2.43. The second-order valence-corrected chi connectivity index (χ2v) is 15.6. The Balaban J connectivity index is 1.68. The van der Waals surface area contributed by atoms with Crippen molar-refractivity contribution in [3.63, 3.8) is 0 Å². The maximum absolute atomic E-state index is 6.05. The van der Waals surface area contributed by atoms with Gasteiger partial charge in [-0.1, -0.05) is 80.1 Å². The average Bonchev–Trinajstić information content (AvgIpc) is 3.52. The summed E-state index contributed by atoms with van der Waals surface area (Å²) in [6, 6.07) is 32.2. The molecular formula is C36H42O4P2. The number of hydrogen-bond acceptors (Lipinski definition) is 4. The van der Waals surface area contributed by atoms with Crippen molar-refractivity contribution in [2.75, 3.05) is 28.4 Å². The summed E-state index contributed by atoms with van der Waals surface area (Å²) in [6.45, 7) is 4.70. The molecule has 1 fully saturated rings. The van der Waals surface area contributed by atoms with Gasteiger partial charge in [-0.25, -0.2) is 0 Å². The molecular weight excluding hydrogens is 558 g/mol. The highest BCUT2D eigenvalue weighted by Crippen LogP contribution is 2.59. The van der Waals surface area contributed by atoms with Crippen LogP contribution in [0.3, 0.4) is 0 Å². The van der Waals surface area contributed by atoms with Crippen molar-refractivity contribution < 1.29 is 18.9 Å². The number of aryl methyl sites for hydroxylation is 1. The van der Waals surface area contributed by atoms with Crippen LogP contribution in [-0.4, -0.2) is 39.8 Å². The highest BCUT2D eigenvalue weighted by atomic mass is 31.1. The monoisotopic (exact) mass is 600 g/mol. The van der Waals surface area contributed by atoms with Crippen LogP contribution in [0.25, 0.3) is 0 Å². The second kappa shape index (κ2) is 13.9. The summed E-state index contributed by atoms with van der Waals surface area (Å²) in [5.74, 6) is 4.32. The lowest BCUT2D eigenvalue weighted by molar-refractivity contribution is 0.417. The normalized spacial score (nSPS) is 18.0. The molecule has 4 aromatic carbocycles. The Labute approximate surface area is 253 Å². The average molecular weight is 601 g/mol. The van der Waals surface area contributed by atoms with Crippen LogP contribution in [0.2, 0.25) is 0 Å². The molecule has 0 aliphatic heterocycles. The van der Waals surface area contributed by atoms with Gasteiger partial charge < -0.3 is 18.9 Å². The summed E-state index contributed by atoms with van der Waals surface area (Å²) in [6.07, 6.45) is 3.58. The Morgan fingerprint density at radius 2 is 1.07 bits per heavy atom. The van der Waals surface area contributed by atoms with Gasteiger partial charge in [0.05, 0.1) is 28.4 Å². The molecule has 0 saturated heterocycles. The highest BCUT2D eigenvalue weighted by molar-refractivity contribution is 7.75. The van der Waals surface area contributed by atoms with Crippen molar-refractivity contribution in [2.45, 2.75) is 44.4 Å². The van der Waals surface area contributed by atoms with Crippen molar-refractivity contribution in [3.05, 3.63) is 96.6 Å². The third kappa shape index (κ3) is 5.90. The van der Waals surface area contributed by atoms with Crippen LogP contribution in [0.15, 0.2) is 91.0 Å². The molecule has 1 aliphatic rings. The maximum Gasteiger partial charge on any atom is 0.127 e. The summed E-state index contributed by atoms with van der Waals surface area (Å²) in [5.41, 5.74) is 2.13. The van der Waals surface area contributed by atoms with Gasteiger partial charge in [0.25, 0.3) is 0 Å². The molecule has 4 unspecified atom stereocenters. The van der Waals surface area contributed by atoms with Gasteiger partial charge in [-0.2, -0.15) is 0 Å². The van der Waals surface area contributed by atoms with Crippen LogP contribution >= 0.6 is 15.8 Å². The Bertz CT molecular complexity index is 1440. The zero-order valence-electron chi connectivity index (χ0n) is 25.5. The van der Waals surface area contributed by atoms with E-state index >= 15 is 0 Å². The molecule has 0 bridgehead atoms. The van der Waals surface area contributed by atoms with E-state index in [9.17, 15) is 0 Å². The van der Waals surface area contributed by atoms with Crippen LogP contribution < -0.4 is 40.2 Å². The van der Waals surface area contributed by atoms with E-state index in [-0.39, 0.29) is 0 Å². The predicted molar refractivity (Wildman–Crippen MR) is 180 cm³/mol. The SMILES string of the molecule is COc1ccccc1P(c1ccccc1OC)C(C)C1CCCC1P(c1ccccc1OC)c1c(C)cccc1OC. The van der Waals surface area contributed by atoms with E-state index < -0.39 is 15.8 Å². The lowest BCUT2D eigenvalue weighted by Crippen LogP contribution is -2.34. The van der Waals surface area contributed by atoms with Gasteiger partial charge in [0.1, 0.15) is 23.0 Å². The molecule has 220 valence electrons.